The summed E-state index contributed by atoms with van der Waals surface area (Å²) in [5.41, 5.74) is 0.449. The summed E-state index contributed by atoms with van der Waals surface area (Å²) in [5, 5.41) is 0. The predicted octanol–water partition coefficient (Wildman–Crippen LogP) is 2.99. The average Bonchev–Trinajstić information content (AvgIpc) is 2.16. The predicted molar refractivity (Wildman–Crippen MR) is 49.5 cm³/mol. The molecule has 60 valence electrons. The van der Waals surface area contributed by atoms with Crippen LogP contribution < -0.4 is 0 Å². The van der Waals surface area contributed by atoms with Crippen molar-refractivity contribution in [3.8, 4) is 0 Å². The van der Waals surface area contributed by atoms with Crippen molar-refractivity contribution >= 4 is 12.6 Å². The molecule has 0 aromatic rings. The van der Waals surface area contributed by atoms with Gasteiger partial charge in [-0.2, -0.15) is 12.6 Å². The van der Waals surface area contributed by atoms with Crippen LogP contribution in [0.5, 0.6) is 0 Å². The Morgan fingerprint density at radius 3 is 1.60 bits per heavy atom. The molecule has 0 heterocycles. The molecular weight excluding hydrogens is 140 g/mol. The van der Waals surface area contributed by atoms with Gasteiger partial charge in [0.15, 0.2) is 0 Å². The van der Waals surface area contributed by atoms with E-state index in [-0.39, 0.29) is 0 Å². The second kappa shape index (κ2) is 1.94. The van der Waals surface area contributed by atoms with Crippen LogP contribution >= 0.6 is 12.6 Å². The molecule has 0 N–H and O–H groups in total. The van der Waals surface area contributed by atoms with E-state index in [0.717, 1.165) is 5.92 Å². The molecule has 0 aromatic carbocycles. The molecule has 2 unspecified atom stereocenters. The number of thiol groups is 1. The minimum absolute atomic E-state index is 0.299. The summed E-state index contributed by atoms with van der Waals surface area (Å²) in [6.07, 6.45) is 0. The van der Waals surface area contributed by atoms with E-state index in [1.54, 1.807) is 0 Å². The summed E-state index contributed by atoms with van der Waals surface area (Å²) in [4.78, 5) is 0. The zero-order chi connectivity index (χ0) is 8.15. The molecule has 0 amide bonds. The number of hydrogen-bond donors (Lipinski definition) is 1. The van der Waals surface area contributed by atoms with Gasteiger partial charge in [0.1, 0.15) is 0 Å². The lowest BCUT2D eigenvalue weighted by Gasteiger charge is -2.17. The molecule has 1 aliphatic carbocycles. The first-order valence-corrected chi connectivity index (χ1v) is 4.52. The standard InChI is InChI=1S/C9H18S/c1-6(2)9(10)7(3)8(9,4)5/h6-7,10H,1-5H3. The fourth-order valence-electron chi connectivity index (χ4n) is 2.28. The van der Waals surface area contributed by atoms with E-state index >= 15 is 0 Å². The molecule has 0 spiro atoms. The van der Waals surface area contributed by atoms with Crippen LogP contribution in [0.3, 0.4) is 0 Å². The van der Waals surface area contributed by atoms with Crippen molar-refractivity contribution in [1.82, 2.24) is 0 Å². The minimum Gasteiger partial charge on any atom is -0.171 e. The summed E-state index contributed by atoms with van der Waals surface area (Å²) in [6, 6.07) is 0. The fourth-order valence-corrected chi connectivity index (χ4v) is 2.73. The molecular formula is C9H18S. The number of rotatable bonds is 1. The monoisotopic (exact) mass is 158 g/mol. The molecule has 0 bridgehead atoms. The Morgan fingerprint density at radius 2 is 1.60 bits per heavy atom. The van der Waals surface area contributed by atoms with Gasteiger partial charge in [-0.25, -0.2) is 0 Å². The van der Waals surface area contributed by atoms with E-state index in [1.165, 1.54) is 0 Å². The van der Waals surface area contributed by atoms with Gasteiger partial charge in [-0.1, -0.05) is 34.6 Å². The van der Waals surface area contributed by atoms with Crippen molar-refractivity contribution in [1.29, 1.82) is 0 Å². The molecule has 0 nitrogen and oxygen atoms in total. The van der Waals surface area contributed by atoms with E-state index in [4.69, 9.17) is 12.6 Å². The van der Waals surface area contributed by atoms with Crippen LogP contribution in [0.25, 0.3) is 0 Å². The Labute approximate surface area is 69.8 Å². The molecule has 0 radical (unpaired) electrons. The molecule has 10 heavy (non-hydrogen) atoms. The molecule has 0 saturated heterocycles. The summed E-state index contributed by atoms with van der Waals surface area (Å²) in [7, 11) is 0. The van der Waals surface area contributed by atoms with E-state index in [1.807, 2.05) is 0 Å². The second-order valence-corrected chi connectivity index (χ2v) is 5.16. The Bertz CT molecular complexity index is 149. The van der Waals surface area contributed by atoms with E-state index in [9.17, 15) is 0 Å². The highest BCUT2D eigenvalue weighted by Gasteiger charge is 2.67. The quantitative estimate of drug-likeness (QED) is 0.557. The van der Waals surface area contributed by atoms with Crippen LogP contribution in [-0.4, -0.2) is 4.75 Å². The van der Waals surface area contributed by atoms with Gasteiger partial charge < -0.3 is 0 Å². The normalized spacial score (nSPS) is 44.1. The van der Waals surface area contributed by atoms with Gasteiger partial charge in [-0.3, -0.25) is 0 Å². The van der Waals surface area contributed by atoms with Gasteiger partial charge in [0.25, 0.3) is 0 Å². The molecule has 1 rings (SSSR count). The van der Waals surface area contributed by atoms with E-state index < -0.39 is 0 Å². The highest BCUT2D eigenvalue weighted by atomic mass is 32.1. The van der Waals surface area contributed by atoms with Crippen LogP contribution in [0.1, 0.15) is 34.6 Å². The van der Waals surface area contributed by atoms with Gasteiger partial charge in [0.05, 0.1) is 0 Å². The Kier molecular flexibility index (Phi) is 1.64. The summed E-state index contributed by atoms with van der Waals surface area (Å²) in [5.74, 6) is 1.46. The molecule has 1 fully saturated rings. The Hall–Kier alpha value is 0.350. The molecule has 0 aliphatic heterocycles. The lowest BCUT2D eigenvalue weighted by molar-refractivity contribution is 0.488. The third kappa shape index (κ3) is 0.702. The zero-order valence-electron chi connectivity index (χ0n) is 7.60. The summed E-state index contributed by atoms with van der Waals surface area (Å²) < 4.78 is 0.299. The molecule has 1 aliphatic rings. The maximum Gasteiger partial charge on any atom is 0.0237 e. The summed E-state index contributed by atoms with van der Waals surface area (Å²) >= 11 is 4.74. The third-order valence-corrected chi connectivity index (χ3v) is 5.05. The van der Waals surface area contributed by atoms with Crippen molar-refractivity contribution in [3.05, 3.63) is 0 Å². The van der Waals surface area contributed by atoms with Gasteiger partial charge in [0.2, 0.25) is 0 Å². The van der Waals surface area contributed by atoms with Gasteiger partial charge in [-0.15, -0.1) is 0 Å². The van der Waals surface area contributed by atoms with Crippen molar-refractivity contribution in [3.63, 3.8) is 0 Å². The second-order valence-electron chi connectivity index (χ2n) is 4.42. The van der Waals surface area contributed by atoms with Gasteiger partial charge in [0, 0.05) is 4.75 Å². The smallest absolute Gasteiger partial charge is 0.0237 e. The Balaban J connectivity index is 2.78. The van der Waals surface area contributed by atoms with Crippen LogP contribution in [0, 0.1) is 17.3 Å². The molecule has 1 heteroatoms. The molecule has 1 saturated carbocycles. The van der Waals surface area contributed by atoms with Crippen molar-refractivity contribution in [2.45, 2.75) is 39.4 Å². The maximum atomic E-state index is 4.74. The van der Waals surface area contributed by atoms with Crippen LogP contribution in [0.15, 0.2) is 0 Å². The first-order chi connectivity index (χ1) is 4.35. The van der Waals surface area contributed by atoms with Crippen LogP contribution in [-0.2, 0) is 0 Å². The lowest BCUT2D eigenvalue weighted by atomic mass is 10.0. The molecule has 2 atom stereocenters. The largest absolute Gasteiger partial charge is 0.171 e. The van der Waals surface area contributed by atoms with Gasteiger partial charge in [-0.05, 0) is 17.3 Å². The van der Waals surface area contributed by atoms with Crippen LogP contribution in [0.2, 0.25) is 0 Å². The SMILES string of the molecule is CC(C)C1(S)C(C)C1(C)C. The van der Waals surface area contributed by atoms with Crippen molar-refractivity contribution in [2.24, 2.45) is 17.3 Å². The van der Waals surface area contributed by atoms with Crippen molar-refractivity contribution < 1.29 is 0 Å². The lowest BCUT2D eigenvalue weighted by Crippen LogP contribution is -2.16. The minimum atomic E-state index is 0.299. The average molecular weight is 158 g/mol. The zero-order valence-corrected chi connectivity index (χ0v) is 8.50. The number of hydrogen-bond acceptors (Lipinski definition) is 1. The van der Waals surface area contributed by atoms with Crippen molar-refractivity contribution in [2.75, 3.05) is 0 Å². The topological polar surface area (TPSA) is 0 Å². The Morgan fingerprint density at radius 1 is 1.30 bits per heavy atom. The fraction of sp³-hybridized carbons (Fsp3) is 1.00. The highest BCUT2D eigenvalue weighted by molar-refractivity contribution is 7.82. The van der Waals surface area contributed by atoms with E-state index in [2.05, 4.69) is 34.6 Å². The first-order valence-electron chi connectivity index (χ1n) is 4.07. The summed E-state index contributed by atoms with van der Waals surface area (Å²) in [6.45, 7) is 11.4. The highest BCUT2D eigenvalue weighted by Crippen LogP contribution is 2.68. The van der Waals surface area contributed by atoms with Gasteiger partial charge >= 0.3 is 0 Å². The first kappa shape index (κ1) is 8.45. The maximum absolute atomic E-state index is 4.74. The van der Waals surface area contributed by atoms with Crippen LogP contribution in [0.4, 0.5) is 0 Å². The van der Waals surface area contributed by atoms with E-state index in [0.29, 0.717) is 16.1 Å². The third-order valence-electron chi connectivity index (χ3n) is 3.57. The molecule has 0 aromatic heterocycles.